The lowest BCUT2D eigenvalue weighted by Crippen LogP contribution is -2.03. The Morgan fingerprint density at radius 3 is 2.67 bits per heavy atom. The minimum Gasteiger partial charge on any atom is -0.497 e. The molecule has 3 rings (SSSR count). The summed E-state index contributed by atoms with van der Waals surface area (Å²) in [6.07, 6.45) is 1.43. The maximum Gasteiger partial charge on any atom is 0.156 e. The van der Waals surface area contributed by atoms with Gasteiger partial charge in [0, 0.05) is 17.3 Å². The number of benzene rings is 2. The zero-order valence-corrected chi connectivity index (χ0v) is 11.5. The minimum atomic E-state index is -0.296. The van der Waals surface area contributed by atoms with Crippen LogP contribution in [0, 0.1) is 5.82 Å². The Morgan fingerprint density at radius 2 is 1.90 bits per heavy atom. The maximum absolute atomic E-state index is 13.7. The average Bonchev–Trinajstić information content (AvgIpc) is 2.54. The van der Waals surface area contributed by atoms with Gasteiger partial charge in [0.1, 0.15) is 11.6 Å². The van der Waals surface area contributed by atoms with Crippen molar-refractivity contribution in [3.8, 4) is 5.75 Å². The normalized spacial score (nSPS) is 10.6. The Bertz CT molecular complexity index is 759. The van der Waals surface area contributed by atoms with Crippen molar-refractivity contribution >= 4 is 16.6 Å². The predicted molar refractivity (Wildman–Crippen MR) is 79.8 cm³/mol. The minimum absolute atomic E-state index is 0.296. The number of fused-ring (bicyclic) bond motifs is 1. The van der Waals surface area contributed by atoms with Gasteiger partial charge in [-0.1, -0.05) is 24.3 Å². The van der Waals surface area contributed by atoms with Crippen LogP contribution < -0.4 is 10.1 Å². The Labute approximate surface area is 121 Å². The molecule has 3 aromatic rings. The molecule has 0 aliphatic rings. The summed E-state index contributed by atoms with van der Waals surface area (Å²) in [5.74, 6) is 1.09. The lowest BCUT2D eigenvalue weighted by molar-refractivity contribution is 0.414. The number of nitrogens with one attached hydrogen (secondary N) is 1. The van der Waals surface area contributed by atoms with Crippen molar-refractivity contribution in [2.24, 2.45) is 0 Å². The summed E-state index contributed by atoms with van der Waals surface area (Å²) in [5, 5.41) is 12.3. The van der Waals surface area contributed by atoms with Crippen molar-refractivity contribution in [1.29, 1.82) is 0 Å². The topological polar surface area (TPSA) is 47.0 Å². The summed E-state index contributed by atoms with van der Waals surface area (Å²) in [6.45, 7) is 0.578. The van der Waals surface area contributed by atoms with Crippen LogP contribution in [-0.4, -0.2) is 17.3 Å². The number of halogens is 1. The number of methoxy groups -OCH3 is 1. The molecule has 0 amide bonds. The second-order valence-electron chi connectivity index (χ2n) is 4.60. The number of ether oxygens (including phenoxy) is 1. The molecule has 0 aliphatic heterocycles. The standard InChI is InChI=1S/C16H14FN3O/c1-21-12-7-5-11(6-8-12)9-18-16-13-3-2-4-15(17)14(13)10-19-20-16/h2-8,10H,9H2,1H3,(H,18,20). The zero-order chi connectivity index (χ0) is 14.7. The van der Waals surface area contributed by atoms with Gasteiger partial charge in [0.2, 0.25) is 0 Å². The van der Waals surface area contributed by atoms with Gasteiger partial charge < -0.3 is 10.1 Å². The smallest absolute Gasteiger partial charge is 0.156 e. The molecule has 0 fully saturated rings. The first-order valence-corrected chi connectivity index (χ1v) is 6.54. The van der Waals surface area contributed by atoms with Crippen molar-refractivity contribution in [1.82, 2.24) is 10.2 Å². The zero-order valence-electron chi connectivity index (χ0n) is 11.5. The van der Waals surface area contributed by atoms with Gasteiger partial charge in [0.25, 0.3) is 0 Å². The van der Waals surface area contributed by atoms with E-state index in [-0.39, 0.29) is 5.82 Å². The van der Waals surface area contributed by atoms with Crippen LogP contribution in [0.3, 0.4) is 0 Å². The number of hydrogen-bond donors (Lipinski definition) is 1. The van der Waals surface area contributed by atoms with Gasteiger partial charge in [-0.25, -0.2) is 4.39 Å². The Hall–Kier alpha value is -2.69. The van der Waals surface area contributed by atoms with Crippen molar-refractivity contribution < 1.29 is 9.13 Å². The molecule has 1 aromatic heterocycles. The maximum atomic E-state index is 13.7. The van der Waals surface area contributed by atoms with Crippen molar-refractivity contribution in [2.45, 2.75) is 6.54 Å². The van der Waals surface area contributed by atoms with Crippen molar-refractivity contribution in [3.05, 3.63) is 60.0 Å². The highest BCUT2D eigenvalue weighted by Gasteiger charge is 2.06. The molecule has 0 saturated heterocycles. The molecule has 0 aliphatic carbocycles. The van der Waals surface area contributed by atoms with Crippen LogP contribution in [-0.2, 0) is 6.54 Å². The Morgan fingerprint density at radius 1 is 1.10 bits per heavy atom. The molecule has 4 nitrogen and oxygen atoms in total. The first kappa shape index (κ1) is 13.3. The van der Waals surface area contributed by atoms with Crippen LogP contribution in [0.5, 0.6) is 5.75 Å². The van der Waals surface area contributed by atoms with E-state index in [1.807, 2.05) is 30.3 Å². The molecule has 106 valence electrons. The molecular formula is C16H14FN3O. The van der Waals surface area contributed by atoms with Gasteiger partial charge in [-0.15, -0.1) is 5.10 Å². The van der Waals surface area contributed by atoms with Crippen LogP contribution in [0.2, 0.25) is 0 Å². The van der Waals surface area contributed by atoms with E-state index < -0.39 is 0 Å². The van der Waals surface area contributed by atoms with E-state index in [9.17, 15) is 4.39 Å². The van der Waals surface area contributed by atoms with E-state index >= 15 is 0 Å². The van der Waals surface area contributed by atoms with Gasteiger partial charge in [-0.05, 0) is 23.8 Å². The van der Waals surface area contributed by atoms with E-state index in [2.05, 4.69) is 15.5 Å². The van der Waals surface area contributed by atoms with Gasteiger partial charge in [-0.2, -0.15) is 5.10 Å². The molecule has 1 heterocycles. The summed E-state index contributed by atoms with van der Waals surface area (Å²) >= 11 is 0. The van der Waals surface area contributed by atoms with Crippen LogP contribution in [0.4, 0.5) is 10.2 Å². The summed E-state index contributed by atoms with van der Waals surface area (Å²) in [4.78, 5) is 0. The van der Waals surface area contributed by atoms with Crippen molar-refractivity contribution in [2.75, 3.05) is 12.4 Å². The van der Waals surface area contributed by atoms with E-state index in [4.69, 9.17) is 4.74 Å². The van der Waals surface area contributed by atoms with Gasteiger partial charge >= 0.3 is 0 Å². The first-order chi connectivity index (χ1) is 10.3. The third-order valence-electron chi connectivity index (χ3n) is 3.27. The summed E-state index contributed by atoms with van der Waals surface area (Å²) in [6, 6.07) is 12.6. The number of anilines is 1. The molecule has 0 atom stereocenters. The first-order valence-electron chi connectivity index (χ1n) is 6.54. The Balaban J connectivity index is 1.83. The highest BCUT2D eigenvalue weighted by Crippen LogP contribution is 2.22. The number of aromatic nitrogens is 2. The SMILES string of the molecule is COc1ccc(CNc2nncc3c(F)cccc23)cc1. The molecule has 0 spiro atoms. The largest absolute Gasteiger partial charge is 0.497 e. The van der Waals surface area contributed by atoms with Gasteiger partial charge in [0.15, 0.2) is 5.82 Å². The molecule has 21 heavy (non-hydrogen) atoms. The number of nitrogens with zero attached hydrogens (tertiary/aromatic N) is 2. The fraction of sp³-hybridized carbons (Fsp3) is 0.125. The predicted octanol–water partition coefficient (Wildman–Crippen LogP) is 3.39. The third-order valence-corrected chi connectivity index (χ3v) is 3.27. The average molecular weight is 283 g/mol. The van der Waals surface area contributed by atoms with E-state index in [0.717, 1.165) is 16.7 Å². The van der Waals surface area contributed by atoms with Crippen LogP contribution >= 0.6 is 0 Å². The molecular weight excluding hydrogens is 269 g/mol. The fourth-order valence-electron chi connectivity index (χ4n) is 2.13. The summed E-state index contributed by atoms with van der Waals surface area (Å²) in [7, 11) is 1.63. The lowest BCUT2D eigenvalue weighted by atomic mass is 10.1. The molecule has 0 bridgehead atoms. The highest BCUT2D eigenvalue weighted by molar-refractivity contribution is 5.91. The third kappa shape index (κ3) is 2.76. The highest BCUT2D eigenvalue weighted by atomic mass is 19.1. The van der Waals surface area contributed by atoms with Gasteiger partial charge in [-0.3, -0.25) is 0 Å². The summed E-state index contributed by atoms with van der Waals surface area (Å²) in [5.41, 5.74) is 1.08. The van der Waals surface area contributed by atoms with E-state index in [1.165, 1.54) is 12.3 Å². The summed E-state index contributed by atoms with van der Waals surface area (Å²) < 4.78 is 18.8. The number of rotatable bonds is 4. The molecule has 0 unspecified atom stereocenters. The van der Waals surface area contributed by atoms with Gasteiger partial charge in [0.05, 0.1) is 13.3 Å². The van der Waals surface area contributed by atoms with E-state index in [1.54, 1.807) is 13.2 Å². The monoisotopic (exact) mass is 283 g/mol. The second kappa shape index (κ2) is 5.75. The molecule has 0 saturated carbocycles. The number of hydrogen-bond acceptors (Lipinski definition) is 4. The van der Waals surface area contributed by atoms with Crippen LogP contribution in [0.15, 0.2) is 48.7 Å². The Kier molecular flexibility index (Phi) is 3.64. The molecule has 5 heteroatoms. The van der Waals surface area contributed by atoms with Crippen LogP contribution in [0.1, 0.15) is 5.56 Å². The molecule has 1 N–H and O–H groups in total. The lowest BCUT2D eigenvalue weighted by Gasteiger charge is -2.08. The van der Waals surface area contributed by atoms with Crippen LogP contribution in [0.25, 0.3) is 10.8 Å². The van der Waals surface area contributed by atoms with Crippen molar-refractivity contribution in [3.63, 3.8) is 0 Å². The quantitative estimate of drug-likeness (QED) is 0.797. The fourth-order valence-corrected chi connectivity index (χ4v) is 2.13. The molecule has 0 radical (unpaired) electrons. The molecule has 2 aromatic carbocycles. The van der Waals surface area contributed by atoms with E-state index in [0.29, 0.717) is 17.7 Å². The second-order valence-corrected chi connectivity index (χ2v) is 4.60.